The maximum atomic E-state index is 12.7. The Balaban J connectivity index is 0.00000102. The highest BCUT2D eigenvalue weighted by molar-refractivity contribution is 7.76. The van der Waals surface area contributed by atoms with Crippen LogP contribution < -0.4 is 26.7 Å². The molecule has 4 aromatic heterocycles. The monoisotopic (exact) mass is 995 g/mol. The Morgan fingerprint density at radius 2 is 1.45 bits per heavy atom. The SMILES string of the molecule is CCN(CC)CC.CO[C@@H]1[C@H](O)[C@@H](COP(=O)(O)OP(=O)(O)CP(=O)(O)OP(=O)(O)OC[C@H]2O[C@@H](n3cnc4c(=O)[nH]c(N)nc43)[C@H](O)[C@@H]2O)O[C@H]1[n+]1cn(C)c2c([O-])nc(N)nc21. The fourth-order valence-corrected chi connectivity index (χ4v) is 13.4. The van der Waals surface area contributed by atoms with E-state index < -0.39 is 110 Å². The van der Waals surface area contributed by atoms with Crippen molar-refractivity contribution in [1.29, 1.82) is 0 Å². The zero-order valence-electron chi connectivity index (χ0n) is 34.5. The van der Waals surface area contributed by atoms with Crippen LogP contribution in [0.5, 0.6) is 5.88 Å². The predicted octanol–water partition coefficient (Wildman–Crippen LogP) is -2.54. The van der Waals surface area contributed by atoms with Gasteiger partial charge in [0.05, 0.1) is 26.6 Å². The average molecular weight is 996 g/mol. The highest BCUT2D eigenvalue weighted by Gasteiger charge is 2.51. The van der Waals surface area contributed by atoms with Gasteiger partial charge in [0.1, 0.15) is 36.6 Å². The quantitative estimate of drug-likeness (QED) is 0.0363. The van der Waals surface area contributed by atoms with Gasteiger partial charge >= 0.3 is 36.5 Å². The summed E-state index contributed by atoms with van der Waals surface area (Å²) < 4.78 is 88.3. The van der Waals surface area contributed by atoms with E-state index in [9.17, 15) is 63.1 Å². The molecule has 2 aliphatic rings. The van der Waals surface area contributed by atoms with Gasteiger partial charge < -0.3 is 70.6 Å². The molecule has 0 spiro atoms. The van der Waals surface area contributed by atoms with Crippen LogP contribution in [-0.4, -0.2) is 156 Å². The first kappa shape index (κ1) is 51.6. The van der Waals surface area contributed by atoms with Crippen LogP contribution in [0.25, 0.3) is 22.3 Å². The third-order valence-electron chi connectivity index (χ3n) is 9.63. The summed E-state index contributed by atoms with van der Waals surface area (Å²) in [6.07, 6.45) is -10.0. The van der Waals surface area contributed by atoms with E-state index >= 15 is 0 Å². The molecule has 0 aromatic carbocycles. The van der Waals surface area contributed by atoms with E-state index in [1.165, 1.54) is 49.3 Å². The van der Waals surface area contributed by atoms with Crippen molar-refractivity contribution in [2.45, 2.75) is 69.9 Å². The lowest BCUT2D eigenvalue weighted by molar-refractivity contribution is -0.746. The van der Waals surface area contributed by atoms with E-state index in [-0.39, 0.29) is 34.2 Å². The normalized spacial score (nSPS) is 27.5. The zero-order chi connectivity index (χ0) is 47.7. The standard InChI is InChI=1S/C23H34N10O20P4.C6H15N/c1-31-6-33(17-11(31)19(38)30-23(25)28-17)21-15(47-2)13(35)9(51-21)4-49-57(45,46)53-55(41,42)7-54(39,40)52-56(43,44)48-3-8-12(34)14(36)20(50-8)32-5-26-10-16(32)27-22(24)29-18(10)37;1-4-7(5-2)6-3/h5-6,8-9,12-15,20-21,34-36H,3-4,7H2,1-2H3,(H9-,24,25,27,28,29,30,37,38,39,40,41,42,43,44,45,46);4-6H2,1-3H3/t8-,9-,12-,13-,14-,15-,20-,21-;/m1./s1. The van der Waals surface area contributed by atoms with Crippen LogP contribution in [0.3, 0.4) is 0 Å². The summed E-state index contributed by atoms with van der Waals surface area (Å²) in [5, 5.41) is 44.2. The maximum Gasteiger partial charge on any atom is 0.479 e. The number of nitrogens with two attached hydrogens (primary N) is 2. The highest BCUT2D eigenvalue weighted by atomic mass is 31.3. The molecule has 4 aromatic rings. The van der Waals surface area contributed by atoms with Crippen molar-refractivity contribution in [2.75, 3.05) is 57.3 Å². The van der Waals surface area contributed by atoms with Crippen LogP contribution in [0.1, 0.15) is 33.2 Å². The molecule has 6 rings (SSSR count). The first-order chi connectivity index (χ1) is 29.8. The number of H-pyrrole nitrogens is 1. The number of anilines is 2. The van der Waals surface area contributed by atoms with Crippen molar-refractivity contribution in [3.63, 3.8) is 0 Å². The lowest BCUT2D eigenvalue weighted by Gasteiger charge is -2.22. The minimum absolute atomic E-state index is 0.00158. The number of imidazole rings is 2. The molecule has 0 radical (unpaired) electrons. The summed E-state index contributed by atoms with van der Waals surface area (Å²) in [5.41, 5.74) is 10.0. The lowest BCUT2D eigenvalue weighted by Crippen LogP contribution is -2.46. The molecule has 35 heteroatoms. The number of aliphatic hydroxyl groups excluding tert-OH is 3. The summed E-state index contributed by atoms with van der Waals surface area (Å²) >= 11 is 0. The molecular weight excluding hydrogens is 946 g/mol. The molecule has 4 unspecified atom stereocenters. The molecule has 360 valence electrons. The minimum Gasteiger partial charge on any atom is -0.856 e. The van der Waals surface area contributed by atoms with Crippen molar-refractivity contribution in [1.82, 2.24) is 39.0 Å². The molecule has 2 aliphatic heterocycles. The Morgan fingerprint density at radius 3 is 1.98 bits per heavy atom. The van der Waals surface area contributed by atoms with Gasteiger partial charge in [-0.25, -0.2) is 32.3 Å². The average Bonchev–Trinajstić information content (AvgIpc) is 3.91. The van der Waals surface area contributed by atoms with Gasteiger partial charge in [-0.1, -0.05) is 25.8 Å². The Labute approximate surface area is 361 Å². The van der Waals surface area contributed by atoms with Gasteiger partial charge in [0, 0.05) is 13.0 Å². The van der Waals surface area contributed by atoms with Crippen LogP contribution in [0.2, 0.25) is 0 Å². The summed E-state index contributed by atoms with van der Waals surface area (Å²) in [4.78, 5) is 72.5. The first-order valence-corrected chi connectivity index (χ1v) is 25.3. The molecule has 64 heavy (non-hydrogen) atoms. The van der Waals surface area contributed by atoms with E-state index in [0.29, 0.717) is 0 Å². The number of nitrogen functional groups attached to an aromatic ring is 2. The van der Waals surface area contributed by atoms with Crippen molar-refractivity contribution in [3.8, 4) is 5.88 Å². The van der Waals surface area contributed by atoms with Crippen molar-refractivity contribution < 1.29 is 94.7 Å². The number of nitrogens with zero attached hydrogens (tertiary/aromatic N) is 8. The molecule has 2 saturated heterocycles. The Bertz CT molecular complexity index is 2540. The van der Waals surface area contributed by atoms with E-state index in [1.54, 1.807) is 0 Å². The first-order valence-electron chi connectivity index (χ1n) is 18.8. The van der Waals surface area contributed by atoms with E-state index in [4.69, 9.17) is 30.2 Å². The van der Waals surface area contributed by atoms with Crippen LogP contribution in [0.4, 0.5) is 11.9 Å². The van der Waals surface area contributed by atoms with Crippen LogP contribution >= 0.6 is 30.8 Å². The molecule has 2 fully saturated rings. The van der Waals surface area contributed by atoms with Crippen molar-refractivity contribution >= 4 is 65.1 Å². The number of ether oxygens (including phenoxy) is 3. The van der Waals surface area contributed by atoms with Gasteiger partial charge in [0.2, 0.25) is 12.2 Å². The molecule has 0 aliphatic carbocycles. The Hall–Kier alpha value is -3.38. The van der Waals surface area contributed by atoms with Gasteiger partial charge in [-0.05, 0) is 19.6 Å². The smallest absolute Gasteiger partial charge is 0.479 e. The number of hydrogen-bond donors (Lipinski definition) is 10. The van der Waals surface area contributed by atoms with Gasteiger partial charge in [0.25, 0.3) is 11.5 Å². The fourth-order valence-electron chi connectivity index (χ4n) is 6.63. The number of aryl methyl sites for hydroxylation is 1. The largest absolute Gasteiger partial charge is 0.856 e. The van der Waals surface area contributed by atoms with Crippen molar-refractivity contribution in [3.05, 3.63) is 23.0 Å². The summed E-state index contributed by atoms with van der Waals surface area (Å²) in [7, 11) is -20.2. The molecule has 0 bridgehead atoms. The highest BCUT2D eigenvalue weighted by Crippen LogP contribution is 2.70. The number of aromatic amines is 1. The van der Waals surface area contributed by atoms with Gasteiger partial charge in [-0.15, -0.1) is 0 Å². The molecule has 12 atom stereocenters. The van der Waals surface area contributed by atoms with E-state index in [2.05, 4.69) is 63.7 Å². The van der Waals surface area contributed by atoms with Gasteiger partial charge in [0.15, 0.2) is 35.1 Å². The van der Waals surface area contributed by atoms with E-state index in [1.807, 2.05) is 0 Å². The number of methoxy groups -OCH3 is 1. The summed E-state index contributed by atoms with van der Waals surface area (Å²) in [5.74, 6) is -3.51. The third-order valence-corrected chi connectivity index (χ3v) is 17.1. The molecule has 31 nitrogen and oxygen atoms in total. The van der Waals surface area contributed by atoms with E-state index in [0.717, 1.165) is 10.9 Å². The second-order valence-electron chi connectivity index (χ2n) is 14.0. The van der Waals surface area contributed by atoms with Crippen LogP contribution in [0.15, 0.2) is 17.4 Å². The fraction of sp³-hybridized carbons (Fsp3) is 0.655. The topological polar surface area (TPSA) is 451 Å². The molecular formula is C29H49N11O20P4. The van der Waals surface area contributed by atoms with Gasteiger partial charge in [-0.2, -0.15) is 4.98 Å². The number of nitrogens with one attached hydrogen (secondary N) is 1. The Kier molecular flexibility index (Phi) is 16.3. The third kappa shape index (κ3) is 11.9. The van der Waals surface area contributed by atoms with Crippen LogP contribution in [-0.2, 0) is 57.2 Å². The number of phosphoric acid groups is 2. The molecule has 12 N–H and O–H groups in total. The second-order valence-corrected chi connectivity index (χ2v) is 21.4. The Morgan fingerprint density at radius 1 is 0.891 bits per heavy atom. The predicted molar refractivity (Wildman–Crippen MR) is 213 cm³/mol. The number of aromatic nitrogens is 8. The molecule has 0 saturated carbocycles. The van der Waals surface area contributed by atoms with Gasteiger partial charge in [-0.3, -0.25) is 37.1 Å². The molecule has 0 amide bonds. The number of hydrogen-bond acceptors (Lipinski definition) is 23. The maximum absolute atomic E-state index is 12.7. The van der Waals surface area contributed by atoms with Crippen LogP contribution in [0, 0.1) is 0 Å². The zero-order valence-corrected chi connectivity index (χ0v) is 38.1. The lowest BCUT2D eigenvalue weighted by atomic mass is 10.1. The molecule has 6 heterocycles. The number of aliphatic hydroxyl groups is 3. The van der Waals surface area contributed by atoms with Crippen molar-refractivity contribution in [2.24, 2.45) is 7.05 Å². The number of fused-ring (bicyclic) bond motifs is 2. The summed E-state index contributed by atoms with van der Waals surface area (Å²) in [6.45, 7) is 7.98. The summed E-state index contributed by atoms with van der Waals surface area (Å²) in [6, 6.07) is 0. The number of rotatable bonds is 18. The number of phosphoric ester groups is 2. The minimum atomic E-state index is -5.74. The second kappa shape index (κ2) is 20.2.